The first-order valence-electron chi connectivity index (χ1n) is 14.1. The maximum Gasteiger partial charge on any atom is 0.141 e. The van der Waals surface area contributed by atoms with Crippen LogP contribution < -0.4 is 0 Å². The molecule has 33 heavy (non-hydrogen) atoms. The molecule has 2 aliphatic carbocycles. The van der Waals surface area contributed by atoms with Gasteiger partial charge in [-0.2, -0.15) is 5.26 Å². The molecule has 2 heteroatoms. The summed E-state index contributed by atoms with van der Waals surface area (Å²) in [5.41, 5.74) is 1.23. The lowest BCUT2D eigenvalue weighted by Gasteiger charge is -2.29. The van der Waals surface area contributed by atoms with Crippen molar-refractivity contribution < 1.29 is 4.39 Å². The molecule has 182 valence electrons. The Morgan fingerprint density at radius 2 is 1.39 bits per heavy atom. The van der Waals surface area contributed by atoms with E-state index >= 15 is 0 Å². The number of nitriles is 1. The predicted octanol–water partition coefficient (Wildman–Crippen LogP) is 9.86. The summed E-state index contributed by atoms with van der Waals surface area (Å²) >= 11 is 0. The topological polar surface area (TPSA) is 23.8 Å². The molecule has 0 bridgehead atoms. The van der Waals surface area contributed by atoms with Crippen molar-refractivity contribution in [2.45, 2.75) is 122 Å². The van der Waals surface area contributed by atoms with Crippen LogP contribution in [-0.4, -0.2) is 0 Å². The number of halogens is 1. The number of hydrogen-bond donors (Lipinski definition) is 0. The molecule has 0 amide bonds. The van der Waals surface area contributed by atoms with E-state index in [1.54, 1.807) is 12.1 Å². The van der Waals surface area contributed by atoms with Gasteiger partial charge in [-0.05, 0) is 92.7 Å². The van der Waals surface area contributed by atoms with Crippen molar-refractivity contribution in [1.82, 2.24) is 0 Å². The highest BCUT2D eigenvalue weighted by atomic mass is 19.1. The Balaban J connectivity index is 1.27. The van der Waals surface area contributed by atoms with Crippen LogP contribution in [0.2, 0.25) is 0 Å². The van der Waals surface area contributed by atoms with Crippen LogP contribution in [0.5, 0.6) is 0 Å². The van der Waals surface area contributed by atoms with Gasteiger partial charge in [-0.1, -0.05) is 82.9 Å². The van der Waals surface area contributed by atoms with Crippen molar-refractivity contribution in [1.29, 1.82) is 5.26 Å². The van der Waals surface area contributed by atoms with Crippen molar-refractivity contribution in [3.63, 3.8) is 0 Å². The van der Waals surface area contributed by atoms with E-state index in [1.807, 2.05) is 12.1 Å². The Morgan fingerprint density at radius 1 is 0.818 bits per heavy atom. The van der Waals surface area contributed by atoms with Gasteiger partial charge in [0.05, 0.1) is 5.56 Å². The molecular formula is C31H46FN. The fourth-order valence-corrected chi connectivity index (χ4v) is 6.07. The van der Waals surface area contributed by atoms with E-state index in [-0.39, 0.29) is 11.4 Å². The van der Waals surface area contributed by atoms with Gasteiger partial charge in [0.2, 0.25) is 0 Å². The van der Waals surface area contributed by atoms with Gasteiger partial charge in [0.25, 0.3) is 0 Å². The van der Waals surface area contributed by atoms with Gasteiger partial charge in [0, 0.05) is 0 Å². The normalized spacial score (nSPS) is 25.8. The highest BCUT2D eigenvalue weighted by Gasteiger charge is 2.23. The monoisotopic (exact) mass is 451 g/mol. The second kappa shape index (κ2) is 14.6. The predicted molar refractivity (Wildman–Crippen MR) is 138 cm³/mol. The van der Waals surface area contributed by atoms with E-state index in [1.165, 1.54) is 96.3 Å². The Labute approximate surface area is 202 Å². The molecular weight excluding hydrogens is 405 g/mol. The molecule has 1 aromatic carbocycles. The van der Waals surface area contributed by atoms with Crippen molar-refractivity contribution in [2.24, 2.45) is 17.8 Å². The van der Waals surface area contributed by atoms with Crippen LogP contribution in [-0.2, 0) is 0 Å². The number of nitrogens with zero attached hydrogens (tertiary/aromatic N) is 1. The molecule has 3 rings (SSSR count). The minimum atomic E-state index is -0.366. The summed E-state index contributed by atoms with van der Waals surface area (Å²) in [5.74, 6) is 2.56. The summed E-state index contributed by atoms with van der Waals surface area (Å²) in [5, 5.41) is 8.93. The van der Waals surface area contributed by atoms with Crippen molar-refractivity contribution in [3.8, 4) is 6.07 Å². The highest BCUT2D eigenvalue weighted by Crippen LogP contribution is 2.38. The van der Waals surface area contributed by atoms with Gasteiger partial charge in [-0.15, -0.1) is 0 Å². The van der Waals surface area contributed by atoms with Crippen LogP contribution >= 0.6 is 0 Å². The van der Waals surface area contributed by atoms with Crippen molar-refractivity contribution >= 4 is 0 Å². The quantitative estimate of drug-likeness (QED) is 0.229. The summed E-state index contributed by atoms with van der Waals surface area (Å²) < 4.78 is 14.0. The third kappa shape index (κ3) is 8.92. The van der Waals surface area contributed by atoms with Crippen LogP contribution in [0, 0.1) is 34.9 Å². The van der Waals surface area contributed by atoms with Gasteiger partial charge in [0.1, 0.15) is 11.9 Å². The molecule has 0 N–H and O–H groups in total. The van der Waals surface area contributed by atoms with Crippen LogP contribution in [0.4, 0.5) is 4.39 Å². The van der Waals surface area contributed by atoms with E-state index < -0.39 is 0 Å². The minimum absolute atomic E-state index is 0.155. The molecule has 0 spiro atoms. The van der Waals surface area contributed by atoms with E-state index in [4.69, 9.17) is 5.26 Å². The molecule has 0 aromatic heterocycles. The van der Waals surface area contributed by atoms with Crippen molar-refractivity contribution in [3.05, 3.63) is 47.3 Å². The fraction of sp³-hybridized carbons (Fsp3) is 0.710. The zero-order valence-electron chi connectivity index (χ0n) is 21.0. The van der Waals surface area contributed by atoms with E-state index in [2.05, 4.69) is 19.1 Å². The molecule has 0 heterocycles. The summed E-state index contributed by atoms with van der Waals surface area (Å²) in [7, 11) is 0. The summed E-state index contributed by atoms with van der Waals surface area (Å²) in [4.78, 5) is 0. The first-order valence-corrected chi connectivity index (χ1v) is 14.1. The number of hydrogen-bond acceptors (Lipinski definition) is 1. The number of unbranched alkanes of at least 4 members (excludes halogenated alkanes) is 7. The number of benzene rings is 1. The smallest absolute Gasteiger partial charge is 0.141 e. The Bertz CT molecular complexity index is 745. The van der Waals surface area contributed by atoms with E-state index in [9.17, 15) is 4.39 Å². The third-order valence-corrected chi connectivity index (χ3v) is 8.37. The molecule has 2 saturated carbocycles. The summed E-state index contributed by atoms with van der Waals surface area (Å²) in [6, 6.07) is 7.10. The van der Waals surface area contributed by atoms with Gasteiger partial charge in [-0.3, -0.25) is 0 Å². The summed E-state index contributed by atoms with van der Waals surface area (Å²) in [6.45, 7) is 2.29. The van der Waals surface area contributed by atoms with Gasteiger partial charge < -0.3 is 0 Å². The standard InChI is InChI=1S/C31H46FN/c1-2-3-4-5-6-7-8-9-10-25-11-13-26(14-12-25)15-16-27-17-19-28(20-18-27)29-21-22-30(24-33)31(32)23-29/h15-16,21-23,25-28H,2-14,17-20H2,1H3. The molecule has 0 unspecified atom stereocenters. The molecule has 0 radical (unpaired) electrons. The molecule has 0 atom stereocenters. The van der Waals surface area contributed by atoms with Gasteiger partial charge in [-0.25, -0.2) is 4.39 Å². The maximum absolute atomic E-state index is 14.0. The molecule has 2 aliphatic rings. The first-order chi connectivity index (χ1) is 16.2. The zero-order valence-corrected chi connectivity index (χ0v) is 21.0. The van der Waals surface area contributed by atoms with E-state index in [0.29, 0.717) is 11.8 Å². The van der Waals surface area contributed by atoms with Gasteiger partial charge >= 0.3 is 0 Å². The molecule has 0 aliphatic heterocycles. The van der Waals surface area contributed by atoms with Gasteiger partial charge in [0.15, 0.2) is 0 Å². The molecule has 1 nitrogen and oxygen atoms in total. The first kappa shape index (κ1) is 26.0. The molecule has 0 saturated heterocycles. The lowest BCUT2D eigenvalue weighted by Crippen LogP contribution is -2.15. The Morgan fingerprint density at radius 3 is 1.97 bits per heavy atom. The Hall–Kier alpha value is -1.62. The second-order valence-corrected chi connectivity index (χ2v) is 10.9. The molecule has 1 aromatic rings. The summed E-state index contributed by atoms with van der Waals surface area (Å²) in [6.07, 6.45) is 28.3. The zero-order chi connectivity index (χ0) is 23.3. The van der Waals surface area contributed by atoms with Crippen LogP contribution in [0.3, 0.4) is 0 Å². The average Bonchev–Trinajstić information content (AvgIpc) is 2.85. The lowest BCUT2D eigenvalue weighted by atomic mass is 9.76. The Kier molecular flexibility index (Phi) is 11.5. The van der Waals surface area contributed by atoms with Crippen LogP contribution in [0.1, 0.15) is 133 Å². The fourth-order valence-electron chi connectivity index (χ4n) is 6.07. The van der Waals surface area contributed by atoms with Crippen molar-refractivity contribution in [2.75, 3.05) is 0 Å². The van der Waals surface area contributed by atoms with Crippen LogP contribution in [0.15, 0.2) is 30.4 Å². The number of allylic oxidation sites excluding steroid dienone is 2. The average molecular weight is 452 g/mol. The van der Waals surface area contributed by atoms with Crippen LogP contribution in [0.25, 0.3) is 0 Å². The van der Waals surface area contributed by atoms with E-state index in [0.717, 1.165) is 30.2 Å². The highest BCUT2D eigenvalue weighted by molar-refractivity contribution is 5.35. The lowest BCUT2D eigenvalue weighted by molar-refractivity contribution is 0.287. The largest absolute Gasteiger partial charge is 0.206 e. The SMILES string of the molecule is CCCCCCCCCCC1CCC(C=CC2CCC(c3ccc(C#N)c(F)c3)CC2)CC1. The second-order valence-electron chi connectivity index (χ2n) is 10.9. The third-order valence-electron chi connectivity index (χ3n) is 8.37. The maximum atomic E-state index is 14.0. The number of rotatable bonds is 12. The minimum Gasteiger partial charge on any atom is -0.206 e. The molecule has 2 fully saturated rings.